The van der Waals surface area contributed by atoms with Gasteiger partial charge in [-0.2, -0.15) is 0 Å². The lowest BCUT2D eigenvalue weighted by molar-refractivity contribution is -0.153. The number of carbonyl (C=O) groups is 2. The van der Waals surface area contributed by atoms with Crippen LogP contribution >= 0.6 is 0 Å². The van der Waals surface area contributed by atoms with Crippen molar-refractivity contribution in [3.63, 3.8) is 0 Å². The summed E-state index contributed by atoms with van der Waals surface area (Å²) in [5.41, 5.74) is 0.388. The highest BCUT2D eigenvalue weighted by molar-refractivity contribution is 5.89. The summed E-state index contributed by atoms with van der Waals surface area (Å²) in [7, 11) is 1.30. The summed E-state index contributed by atoms with van der Waals surface area (Å²) in [5, 5.41) is 9.91. The number of rotatable bonds is 2. The van der Waals surface area contributed by atoms with E-state index < -0.39 is 12.3 Å². The van der Waals surface area contributed by atoms with Gasteiger partial charge < -0.3 is 19.3 Å². The average Bonchev–Trinajstić information content (AvgIpc) is 2.66. The predicted molar refractivity (Wildman–Crippen MR) is 63.5 cm³/mol. The Morgan fingerprint density at radius 2 is 2.16 bits per heavy atom. The van der Waals surface area contributed by atoms with E-state index in [1.165, 1.54) is 20.3 Å². The molecule has 0 radical (unpaired) electrons. The first kappa shape index (κ1) is 13.9. The third kappa shape index (κ3) is 2.45. The monoisotopic (exact) mass is 270 g/mol. The van der Waals surface area contributed by atoms with Gasteiger partial charge in [-0.3, -0.25) is 4.79 Å². The van der Waals surface area contributed by atoms with Crippen molar-refractivity contribution in [2.75, 3.05) is 7.11 Å². The van der Waals surface area contributed by atoms with Crippen LogP contribution in [-0.4, -0.2) is 36.5 Å². The number of esters is 2. The van der Waals surface area contributed by atoms with Gasteiger partial charge in [0.2, 0.25) is 0 Å². The van der Waals surface area contributed by atoms with Crippen molar-refractivity contribution in [2.45, 2.75) is 32.7 Å². The molecule has 2 rings (SSSR count). The standard InChI is InChI=1S/C13H18O6/c1-6-10(19-7(2)14)4-8-9(12(15)17-3)5-18-13(16)11(6)8/h5-6,8,10-11,13,16H,4H2,1-3H3. The van der Waals surface area contributed by atoms with Gasteiger partial charge in [0.05, 0.1) is 18.9 Å². The molecule has 1 aliphatic heterocycles. The molecule has 1 aliphatic carbocycles. The Hall–Kier alpha value is -1.56. The van der Waals surface area contributed by atoms with Crippen LogP contribution in [0.1, 0.15) is 20.3 Å². The van der Waals surface area contributed by atoms with Crippen LogP contribution < -0.4 is 0 Å². The van der Waals surface area contributed by atoms with Gasteiger partial charge in [0, 0.05) is 24.7 Å². The molecule has 0 amide bonds. The highest BCUT2D eigenvalue weighted by Crippen LogP contribution is 2.47. The van der Waals surface area contributed by atoms with Gasteiger partial charge in [-0.25, -0.2) is 4.79 Å². The zero-order valence-corrected chi connectivity index (χ0v) is 11.2. The molecule has 0 bridgehead atoms. The molecule has 0 aromatic heterocycles. The Kier molecular flexibility index (Phi) is 3.80. The Labute approximate surface area is 111 Å². The molecule has 1 heterocycles. The van der Waals surface area contributed by atoms with Gasteiger partial charge in [0.15, 0.2) is 6.29 Å². The van der Waals surface area contributed by atoms with Crippen molar-refractivity contribution < 1.29 is 28.9 Å². The summed E-state index contributed by atoms with van der Waals surface area (Å²) in [6.45, 7) is 3.23. The number of aliphatic hydroxyl groups is 1. The van der Waals surface area contributed by atoms with Crippen LogP contribution in [0.4, 0.5) is 0 Å². The van der Waals surface area contributed by atoms with Crippen LogP contribution in [0.15, 0.2) is 11.8 Å². The number of carbonyl (C=O) groups excluding carboxylic acids is 2. The zero-order valence-electron chi connectivity index (χ0n) is 11.2. The van der Waals surface area contributed by atoms with E-state index in [0.29, 0.717) is 12.0 Å². The molecule has 1 N–H and O–H groups in total. The van der Waals surface area contributed by atoms with E-state index in [1.54, 1.807) is 0 Å². The number of hydrogen-bond acceptors (Lipinski definition) is 6. The summed E-state index contributed by atoms with van der Waals surface area (Å²) >= 11 is 0. The molecule has 0 aromatic rings. The van der Waals surface area contributed by atoms with Crippen LogP contribution in [0.2, 0.25) is 0 Å². The number of ether oxygens (including phenoxy) is 3. The SMILES string of the molecule is COC(=O)C1=COC(O)C2C1CC(OC(C)=O)C2C. The van der Waals surface area contributed by atoms with Gasteiger partial charge in [-0.1, -0.05) is 6.92 Å². The first-order chi connectivity index (χ1) is 8.95. The summed E-state index contributed by atoms with van der Waals surface area (Å²) in [6, 6.07) is 0. The number of aliphatic hydroxyl groups excluding tert-OH is 1. The van der Waals surface area contributed by atoms with Crippen molar-refractivity contribution in [2.24, 2.45) is 17.8 Å². The van der Waals surface area contributed by atoms with E-state index in [-0.39, 0.29) is 29.8 Å². The molecule has 19 heavy (non-hydrogen) atoms. The minimum Gasteiger partial charge on any atom is -0.472 e. The highest BCUT2D eigenvalue weighted by atomic mass is 16.6. The molecule has 5 atom stereocenters. The largest absolute Gasteiger partial charge is 0.472 e. The lowest BCUT2D eigenvalue weighted by atomic mass is 9.83. The third-order valence-corrected chi connectivity index (χ3v) is 3.95. The second kappa shape index (κ2) is 5.21. The molecule has 0 aromatic carbocycles. The first-order valence-electron chi connectivity index (χ1n) is 6.24. The maximum absolute atomic E-state index is 11.7. The van der Waals surface area contributed by atoms with E-state index in [1.807, 2.05) is 6.92 Å². The smallest absolute Gasteiger partial charge is 0.337 e. The summed E-state index contributed by atoms with van der Waals surface area (Å²) < 4.78 is 15.1. The predicted octanol–water partition coefficient (Wildman–Crippen LogP) is 0.596. The van der Waals surface area contributed by atoms with Crippen LogP contribution in [0.25, 0.3) is 0 Å². The van der Waals surface area contributed by atoms with E-state index in [2.05, 4.69) is 0 Å². The maximum atomic E-state index is 11.7. The first-order valence-corrected chi connectivity index (χ1v) is 6.24. The fourth-order valence-corrected chi connectivity index (χ4v) is 3.04. The lowest BCUT2D eigenvalue weighted by Gasteiger charge is -2.31. The van der Waals surface area contributed by atoms with Crippen LogP contribution in [0.3, 0.4) is 0 Å². The van der Waals surface area contributed by atoms with E-state index >= 15 is 0 Å². The number of hydrogen-bond donors (Lipinski definition) is 1. The Bertz CT molecular complexity index is 415. The molecule has 1 saturated carbocycles. The van der Waals surface area contributed by atoms with E-state index in [4.69, 9.17) is 14.2 Å². The molecule has 0 saturated heterocycles. The maximum Gasteiger partial charge on any atom is 0.337 e. The molecule has 1 fully saturated rings. The van der Waals surface area contributed by atoms with Crippen molar-refractivity contribution in [1.82, 2.24) is 0 Å². The molecule has 0 spiro atoms. The zero-order chi connectivity index (χ0) is 14.2. The van der Waals surface area contributed by atoms with Crippen LogP contribution in [-0.2, 0) is 23.8 Å². The van der Waals surface area contributed by atoms with Crippen molar-refractivity contribution >= 4 is 11.9 Å². The third-order valence-electron chi connectivity index (χ3n) is 3.95. The Morgan fingerprint density at radius 1 is 1.47 bits per heavy atom. The van der Waals surface area contributed by atoms with Gasteiger partial charge in [0.25, 0.3) is 0 Å². The fraction of sp³-hybridized carbons (Fsp3) is 0.692. The minimum atomic E-state index is -0.992. The van der Waals surface area contributed by atoms with Gasteiger partial charge in [-0.05, 0) is 6.42 Å². The summed E-state index contributed by atoms with van der Waals surface area (Å²) in [6.07, 6.45) is 0.429. The second-order valence-corrected chi connectivity index (χ2v) is 5.02. The Morgan fingerprint density at radius 3 is 2.74 bits per heavy atom. The lowest BCUT2D eigenvalue weighted by Crippen LogP contribution is -2.36. The molecule has 5 unspecified atom stereocenters. The van der Waals surface area contributed by atoms with Crippen LogP contribution in [0, 0.1) is 17.8 Å². The van der Waals surface area contributed by atoms with Crippen molar-refractivity contribution in [1.29, 1.82) is 0 Å². The molecule has 2 aliphatic rings. The Balaban J connectivity index is 2.23. The minimum absolute atomic E-state index is 0.0859. The van der Waals surface area contributed by atoms with Crippen molar-refractivity contribution in [3.8, 4) is 0 Å². The molecule has 106 valence electrons. The van der Waals surface area contributed by atoms with Gasteiger partial charge >= 0.3 is 11.9 Å². The fourth-order valence-electron chi connectivity index (χ4n) is 3.04. The van der Waals surface area contributed by atoms with Gasteiger partial charge in [-0.15, -0.1) is 0 Å². The van der Waals surface area contributed by atoms with Crippen LogP contribution in [0.5, 0.6) is 0 Å². The molecule has 6 heteroatoms. The number of fused-ring (bicyclic) bond motifs is 1. The van der Waals surface area contributed by atoms with E-state index in [9.17, 15) is 14.7 Å². The van der Waals surface area contributed by atoms with Crippen molar-refractivity contribution in [3.05, 3.63) is 11.8 Å². The topological polar surface area (TPSA) is 82.1 Å². The molecular formula is C13H18O6. The normalized spacial score (nSPS) is 36.8. The average molecular weight is 270 g/mol. The summed E-state index contributed by atoms with van der Waals surface area (Å²) in [4.78, 5) is 22.8. The second-order valence-electron chi connectivity index (χ2n) is 5.02. The molecule has 6 nitrogen and oxygen atoms in total. The van der Waals surface area contributed by atoms with E-state index in [0.717, 1.165) is 0 Å². The van der Waals surface area contributed by atoms with Gasteiger partial charge in [0.1, 0.15) is 6.10 Å². The highest BCUT2D eigenvalue weighted by Gasteiger charge is 2.51. The molecular weight excluding hydrogens is 252 g/mol. The summed E-state index contributed by atoms with van der Waals surface area (Å²) in [5.74, 6) is -1.41. The number of methoxy groups -OCH3 is 1. The quantitative estimate of drug-likeness (QED) is 0.740.